The van der Waals surface area contributed by atoms with Gasteiger partial charge in [-0.1, -0.05) is 28.1 Å². The summed E-state index contributed by atoms with van der Waals surface area (Å²) < 4.78 is 5.91. The van der Waals surface area contributed by atoms with Crippen LogP contribution in [0.2, 0.25) is 0 Å². The molecular weight excluding hydrogens is 334 g/mol. The number of aromatic nitrogens is 1. The van der Waals surface area contributed by atoms with E-state index < -0.39 is 5.97 Å². The van der Waals surface area contributed by atoms with Gasteiger partial charge in [-0.3, -0.25) is 4.79 Å². The highest BCUT2D eigenvalue weighted by molar-refractivity contribution is 9.10. The molecule has 0 fully saturated rings. The van der Waals surface area contributed by atoms with Crippen molar-refractivity contribution in [3.63, 3.8) is 0 Å². The van der Waals surface area contributed by atoms with Crippen LogP contribution in [-0.4, -0.2) is 23.3 Å². The number of hydrogen-bond donors (Lipinski definition) is 0. The Morgan fingerprint density at radius 2 is 1.71 bits per heavy atom. The van der Waals surface area contributed by atoms with Crippen LogP contribution in [0.5, 0.6) is 0 Å². The third-order valence-corrected chi connectivity index (χ3v) is 3.38. The number of ketones is 1. The van der Waals surface area contributed by atoms with Crippen molar-refractivity contribution in [1.82, 2.24) is 4.98 Å². The van der Waals surface area contributed by atoms with Gasteiger partial charge in [0.15, 0.2) is 5.78 Å². The van der Waals surface area contributed by atoms with Crippen LogP contribution in [0.25, 0.3) is 11.1 Å². The maximum absolute atomic E-state index is 11.9. The normalized spacial score (nSPS) is 10.2. The van der Waals surface area contributed by atoms with Gasteiger partial charge in [-0.15, -0.1) is 0 Å². The van der Waals surface area contributed by atoms with E-state index >= 15 is 0 Å². The monoisotopic (exact) mass is 347 g/mol. The molecule has 0 atom stereocenters. The molecule has 21 heavy (non-hydrogen) atoms. The van der Waals surface area contributed by atoms with Crippen LogP contribution in [0, 0.1) is 0 Å². The zero-order valence-corrected chi connectivity index (χ0v) is 13.3. The second-order valence-electron chi connectivity index (χ2n) is 4.41. The number of ether oxygens (including phenoxy) is 1. The van der Waals surface area contributed by atoms with Crippen molar-refractivity contribution in [2.45, 2.75) is 13.8 Å². The van der Waals surface area contributed by atoms with E-state index in [9.17, 15) is 9.59 Å². The Bertz CT molecular complexity index is 680. The maximum Gasteiger partial charge on any atom is 0.356 e. The molecule has 5 heteroatoms. The van der Waals surface area contributed by atoms with Gasteiger partial charge in [-0.05, 0) is 42.3 Å². The molecule has 0 bridgehead atoms. The lowest BCUT2D eigenvalue weighted by molar-refractivity contribution is 0.0519. The van der Waals surface area contributed by atoms with E-state index in [4.69, 9.17) is 4.74 Å². The Labute approximate surface area is 131 Å². The van der Waals surface area contributed by atoms with E-state index in [1.165, 1.54) is 6.92 Å². The highest BCUT2D eigenvalue weighted by Gasteiger charge is 2.14. The van der Waals surface area contributed by atoms with Gasteiger partial charge in [-0.2, -0.15) is 0 Å². The number of nitrogens with zero attached hydrogens (tertiary/aromatic N) is 1. The summed E-state index contributed by atoms with van der Waals surface area (Å²) in [6, 6.07) is 10.9. The Morgan fingerprint density at radius 1 is 1.10 bits per heavy atom. The van der Waals surface area contributed by atoms with Crippen LogP contribution in [0.4, 0.5) is 0 Å². The van der Waals surface area contributed by atoms with Crippen LogP contribution in [0.3, 0.4) is 0 Å². The fourth-order valence-corrected chi connectivity index (χ4v) is 2.09. The molecule has 0 aliphatic heterocycles. The van der Waals surface area contributed by atoms with Gasteiger partial charge >= 0.3 is 5.97 Å². The molecule has 4 nitrogen and oxygen atoms in total. The van der Waals surface area contributed by atoms with Crippen molar-refractivity contribution in [2.24, 2.45) is 0 Å². The molecule has 1 heterocycles. The molecule has 0 spiro atoms. The van der Waals surface area contributed by atoms with Gasteiger partial charge in [0.25, 0.3) is 0 Å². The highest BCUT2D eigenvalue weighted by Crippen LogP contribution is 2.23. The number of pyridine rings is 1. The van der Waals surface area contributed by atoms with Crippen LogP contribution in [-0.2, 0) is 4.74 Å². The minimum absolute atomic E-state index is 0.141. The fraction of sp³-hybridized carbons (Fsp3) is 0.188. The van der Waals surface area contributed by atoms with Crippen molar-refractivity contribution in [1.29, 1.82) is 0 Å². The number of benzene rings is 1. The Balaban J connectivity index is 2.52. The molecule has 0 aliphatic carbocycles. The molecule has 0 unspecified atom stereocenters. The van der Waals surface area contributed by atoms with Gasteiger partial charge < -0.3 is 4.74 Å². The summed E-state index contributed by atoms with van der Waals surface area (Å²) in [5, 5.41) is 0. The number of halogens is 1. The number of hydrogen-bond acceptors (Lipinski definition) is 4. The van der Waals surface area contributed by atoms with Gasteiger partial charge in [0.2, 0.25) is 0 Å². The summed E-state index contributed by atoms with van der Waals surface area (Å²) >= 11 is 3.37. The number of rotatable bonds is 4. The van der Waals surface area contributed by atoms with Gasteiger partial charge in [0, 0.05) is 11.4 Å². The largest absolute Gasteiger partial charge is 0.461 e. The van der Waals surface area contributed by atoms with Gasteiger partial charge in [-0.25, -0.2) is 9.78 Å². The molecule has 108 valence electrons. The first-order valence-corrected chi connectivity index (χ1v) is 7.26. The van der Waals surface area contributed by atoms with Crippen LogP contribution < -0.4 is 0 Å². The maximum atomic E-state index is 11.9. The van der Waals surface area contributed by atoms with Crippen LogP contribution >= 0.6 is 15.9 Å². The number of carbonyl (C=O) groups is 2. The number of carbonyl (C=O) groups excluding carboxylic acids is 2. The summed E-state index contributed by atoms with van der Waals surface area (Å²) in [5.41, 5.74) is 2.04. The number of esters is 1. The lowest BCUT2D eigenvalue weighted by atomic mass is 10.0. The standard InChI is InChI=1S/C16H14BrNO3/c1-3-21-16(20)15-9-12(8-14(18-15)10(2)19)11-4-6-13(17)7-5-11/h4-9H,3H2,1-2H3. The summed E-state index contributed by atoms with van der Waals surface area (Å²) in [5.74, 6) is -0.724. The molecule has 0 saturated heterocycles. The molecule has 0 N–H and O–H groups in total. The Kier molecular flexibility index (Phi) is 4.85. The van der Waals surface area contributed by atoms with Crippen molar-refractivity contribution in [2.75, 3.05) is 6.61 Å². The first-order valence-electron chi connectivity index (χ1n) is 6.47. The van der Waals surface area contributed by atoms with Crippen LogP contribution in [0.1, 0.15) is 34.8 Å². The number of Topliss-reactive ketones (excluding diaryl/α,β-unsaturated/α-hetero) is 1. The van der Waals surface area contributed by atoms with E-state index in [2.05, 4.69) is 20.9 Å². The molecule has 2 rings (SSSR count). The Hall–Kier alpha value is -2.01. The van der Waals surface area contributed by atoms with E-state index in [1.807, 2.05) is 24.3 Å². The molecule has 1 aromatic heterocycles. The average Bonchev–Trinajstić information content (AvgIpc) is 2.47. The first kappa shape index (κ1) is 15.4. The van der Waals surface area contributed by atoms with E-state index in [1.54, 1.807) is 19.1 Å². The summed E-state index contributed by atoms with van der Waals surface area (Å²) in [7, 11) is 0. The highest BCUT2D eigenvalue weighted by atomic mass is 79.9. The predicted octanol–water partition coefficient (Wildman–Crippen LogP) is 3.89. The van der Waals surface area contributed by atoms with Gasteiger partial charge in [0.1, 0.15) is 11.4 Å². The quantitative estimate of drug-likeness (QED) is 0.621. The fourth-order valence-electron chi connectivity index (χ4n) is 1.83. The van der Waals surface area contributed by atoms with E-state index in [-0.39, 0.29) is 23.8 Å². The predicted molar refractivity (Wildman–Crippen MR) is 83.3 cm³/mol. The average molecular weight is 348 g/mol. The lowest BCUT2D eigenvalue weighted by Crippen LogP contribution is -2.10. The van der Waals surface area contributed by atoms with E-state index in [0.29, 0.717) is 0 Å². The molecule has 1 aromatic carbocycles. The van der Waals surface area contributed by atoms with Crippen molar-refractivity contribution < 1.29 is 14.3 Å². The molecule has 0 aliphatic rings. The zero-order valence-electron chi connectivity index (χ0n) is 11.7. The van der Waals surface area contributed by atoms with Gasteiger partial charge in [0.05, 0.1) is 6.61 Å². The second kappa shape index (κ2) is 6.63. The molecule has 2 aromatic rings. The van der Waals surface area contributed by atoms with Crippen LogP contribution in [0.15, 0.2) is 40.9 Å². The van der Waals surface area contributed by atoms with Crippen molar-refractivity contribution >= 4 is 27.7 Å². The molecule has 0 amide bonds. The minimum atomic E-state index is -0.529. The molecule has 0 saturated carbocycles. The Morgan fingerprint density at radius 3 is 2.29 bits per heavy atom. The third-order valence-electron chi connectivity index (χ3n) is 2.85. The zero-order chi connectivity index (χ0) is 15.4. The molecular formula is C16H14BrNO3. The first-order chi connectivity index (χ1) is 10.0. The topological polar surface area (TPSA) is 56.3 Å². The molecule has 0 radical (unpaired) electrons. The third kappa shape index (κ3) is 3.76. The van der Waals surface area contributed by atoms with E-state index in [0.717, 1.165) is 15.6 Å². The summed E-state index contributed by atoms with van der Waals surface area (Å²) in [4.78, 5) is 27.5. The SMILES string of the molecule is CCOC(=O)c1cc(-c2ccc(Br)cc2)cc(C(C)=O)n1. The summed E-state index contributed by atoms with van der Waals surface area (Å²) in [6.45, 7) is 3.41. The minimum Gasteiger partial charge on any atom is -0.461 e. The second-order valence-corrected chi connectivity index (χ2v) is 5.33. The summed E-state index contributed by atoms with van der Waals surface area (Å²) in [6.07, 6.45) is 0. The van der Waals surface area contributed by atoms with Crippen molar-refractivity contribution in [3.8, 4) is 11.1 Å². The lowest BCUT2D eigenvalue weighted by Gasteiger charge is -2.07. The smallest absolute Gasteiger partial charge is 0.356 e. The van der Waals surface area contributed by atoms with Crippen molar-refractivity contribution in [3.05, 3.63) is 52.3 Å².